The van der Waals surface area contributed by atoms with Gasteiger partial charge in [0.15, 0.2) is 0 Å². The third kappa shape index (κ3) is 4.04. The molecule has 0 saturated carbocycles. The van der Waals surface area contributed by atoms with Gasteiger partial charge in [0.2, 0.25) is 0 Å². The Morgan fingerprint density at radius 2 is 2.19 bits per heavy atom. The Bertz CT molecular complexity index is 653. The molecule has 0 spiro atoms. The fourth-order valence-electron chi connectivity index (χ4n) is 1.82. The van der Waals surface area contributed by atoms with Gasteiger partial charge in [-0.1, -0.05) is 31.9 Å². The van der Waals surface area contributed by atoms with Gasteiger partial charge < -0.3 is 5.32 Å². The van der Waals surface area contributed by atoms with Gasteiger partial charge in [-0.15, -0.1) is 11.3 Å². The molecule has 0 amide bonds. The zero-order valence-electron chi connectivity index (χ0n) is 12.2. The van der Waals surface area contributed by atoms with Crippen molar-refractivity contribution in [1.82, 2.24) is 14.8 Å². The van der Waals surface area contributed by atoms with Gasteiger partial charge in [0.1, 0.15) is 10.0 Å². The molecule has 0 aliphatic rings. The van der Waals surface area contributed by atoms with Crippen molar-refractivity contribution in [2.45, 2.75) is 46.2 Å². The van der Waals surface area contributed by atoms with Crippen LogP contribution in [0.2, 0.25) is 5.02 Å². The Morgan fingerprint density at radius 1 is 1.38 bits per heavy atom. The molecule has 0 aromatic carbocycles. The highest BCUT2D eigenvalue weighted by Gasteiger charge is 2.09. The summed E-state index contributed by atoms with van der Waals surface area (Å²) in [5.74, 6) is 0. The second-order valence-corrected chi connectivity index (χ2v) is 6.26. The van der Waals surface area contributed by atoms with Gasteiger partial charge >= 0.3 is 0 Å². The first-order valence-corrected chi connectivity index (χ1v) is 8.28. The third-order valence-corrected chi connectivity index (χ3v) is 4.60. The Balaban J connectivity index is 2.06. The molecular formula is C14H19ClN4OS. The lowest BCUT2D eigenvalue weighted by molar-refractivity contribution is 0.543. The normalized spacial score (nSPS) is 10.8. The van der Waals surface area contributed by atoms with E-state index in [0.29, 0.717) is 18.8 Å². The lowest BCUT2D eigenvalue weighted by Gasteiger charge is -2.09. The van der Waals surface area contributed by atoms with Gasteiger partial charge in [0.05, 0.1) is 18.4 Å². The minimum absolute atomic E-state index is 0.188. The number of anilines is 1. The Labute approximate surface area is 133 Å². The summed E-state index contributed by atoms with van der Waals surface area (Å²) < 4.78 is 1.41. The van der Waals surface area contributed by atoms with Crippen molar-refractivity contribution in [1.29, 1.82) is 0 Å². The zero-order chi connectivity index (χ0) is 15.2. The van der Waals surface area contributed by atoms with Gasteiger partial charge in [-0.05, 0) is 12.8 Å². The number of unbranched alkanes of at least 4 members (excludes halogenated alkanes) is 1. The second kappa shape index (κ2) is 7.56. The number of thiazole rings is 1. The highest BCUT2D eigenvalue weighted by Crippen LogP contribution is 2.19. The second-order valence-electron chi connectivity index (χ2n) is 4.68. The van der Waals surface area contributed by atoms with Crippen LogP contribution in [-0.2, 0) is 19.5 Å². The van der Waals surface area contributed by atoms with E-state index in [1.807, 2.05) is 6.20 Å². The molecule has 2 aromatic rings. The summed E-state index contributed by atoms with van der Waals surface area (Å²) in [5, 5.41) is 8.44. The number of hydrogen-bond donors (Lipinski definition) is 1. The van der Waals surface area contributed by atoms with Crippen LogP contribution in [0, 0.1) is 0 Å². The van der Waals surface area contributed by atoms with Crippen molar-refractivity contribution in [3.8, 4) is 0 Å². The smallest absolute Gasteiger partial charge is 0.287 e. The summed E-state index contributed by atoms with van der Waals surface area (Å²) >= 11 is 7.78. The third-order valence-electron chi connectivity index (χ3n) is 3.09. The van der Waals surface area contributed by atoms with Crippen molar-refractivity contribution < 1.29 is 0 Å². The van der Waals surface area contributed by atoms with E-state index in [1.54, 1.807) is 17.5 Å². The molecule has 0 aliphatic carbocycles. The van der Waals surface area contributed by atoms with Crippen LogP contribution in [-0.4, -0.2) is 14.8 Å². The minimum Gasteiger partial charge on any atom is -0.376 e. The van der Waals surface area contributed by atoms with Crippen LogP contribution >= 0.6 is 22.9 Å². The van der Waals surface area contributed by atoms with Crippen LogP contribution in [0.25, 0.3) is 0 Å². The van der Waals surface area contributed by atoms with Crippen molar-refractivity contribution in [3.63, 3.8) is 0 Å². The molecule has 1 N–H and O–H groups in total. The van der Waals surface area contributed by atoms with Crippen LogP contribution in [0.3, 0.4) is 0 Å². The molecule has 7 heteroatoms. The van der Waals surface area contributed by atoms with Crippen LogP contribution in [0.1, 0.15) is 36.6 Å². The van der Waals surface area contributed by atoms with E-state index < -0.39 is 0 Å². The van der Waals surface area contributed by atoms with E-state index >= 15 is 0 Å². The first-order valence-electron chi connectivity index (χ1n) is 7.08. The molecule has 0 unspecified atom stereocenters. The number of halogens is 1. The Hall–Kier alpha value is -1.40. The molecule has 21 heavy (non-hydrogen) atoms. The largest absolute Gasteiger partial charge is 0.376 e. The number of nitrogens with zero attached hydrogens (tertiary/aromatic N) is 3. The van der Waals surface area contributed by atoms with E-state index in [-0.39, 0.29) is 10.6 Å². The van der Waals surface area contributed by atoms with Gasteiger partial charge in [-0.3, -0.25) is 4.79 Å². The van der Waals surface area contributed by atoms with Gasteiger partial charge in [-0.2, -0.15) is 5.10 Å². The molecule has 0 aliphatic heterocycles. The quantitative estimate of drug-likeness (QED) is 0.847. The van der Waals surface area contributed by atoms with Crippen molar-refractivity contribution in [2.75, 3.05) is 5.32 Å². The minimum atomic E-state index is -0.247. The number of rotatable bonds is 7. The van der Waals surface area contributed by atoms with Crippen LogP contribution in [0.4, 0.5) is 5.69 Å². The molecule has 0 saturated heterocycles. The molecule has 0 radical (unpaired) electrons. The summed E-state index contributed by atoms with van der Waals surface area (Å²) in [6.07, 6.45) is 6.38. The predicted octanol–water partition coefficient (Wildman–Crippen LogP) is 3.33. The van der Waals surface area contributed by atoms with Gasteiger partial charge in [-0.25, -0.2) is 9.67 Å². The summed E-state index contributed by atoms with van der Waals surface area (Å²) in [6.45, 7) is 5.31. The Kier molecular flexibility index (Phi) is 5.76. The summed E-state index contributed by atoms with van der Waals surface area (Å²) in [5.41, 5.74) is 0.311. The first-order chi connectivity index (χ1) is 10.2. The van der Waals surface area contributed by atoms with E-state index in [2.05, 4.69) is 29.2 Å². The van der Waals surface area contributed by atoms with Crippen LogP contribution < -0.4 is 10.9 Å². The number of hydrogen-bond acceptors (Lipinski definition) is 5. The maximum Gasteiger partial charge on any atom is 0.287 e. The topological polar surface area (TPSA) is 59.8 Å². The van der Waals surface area contributed by atoms with E-state index in [0.717, 1.165) is 24.3 Å². The van der Waals surface area contributed by atoms with E-state index in [9.17, 15) is 4.79 Å². The lowest BCUT2D eigenvalue weighted by atomic mass is 10.3. The Morgan fingerprint density at radius 3 is 2.86 bits per heavy atom. The molecule has 2 aromatic heterocycles. The van der Waals surface area contributed by atoms with Crippen molar-refractivity contribution >= 4 is 28.6 Å². The van der Waals surface area contributed by atoms with Gasteiger partial charge in [0, 0.05) is 17.6 Å². The highest BCUT2D eigenvalue weighted by molar-refractivity contribution is 7.11. The molecule has 5 nitrogen and oxygen atoms in total. The monoisotopic (exact) mass is 326 g/mol. The maximum absolute atomic E-state index is 12.1. The van der Waals surface area contributed by atoms with E-state index in [4.69, 9.17) is 11.6 Å². The SMILES string of the molecule is CCCCn1ncc(NCc2ncc(CC)s2)c(Cl)c1=O. The number of aryl methyl sites for hydroxylation is 2. The number of nitrogens with one attached hydrogen (secondary N) is 1. The average Bonchev–Trinajstić information content (AvgIpc) is 2.96. The predicted molar refractivity (Wildman–Crippen MR) is 87.2 cm³/mol. The molecular weight excluding hydrogens is 308 g/mol. The fourth-order valence-corrected chi connectivity index (χ4v) is 2.83. The maximum atomic E-state index is 12.1. The first kappa shape index (κ1) is 16.0. The molecule has 0 bridgehead atoms. The van der Waals surface area contributed by atoms with Gasteiger partial charge in [0.25, 0.3) is 5.56 Å². The summed E-state index contributed by atoms with van der Waals surface area (Å²) in [4.78, 5) is 17.6. The van der Waals surface area contributed by atoms with Crippen LogP contribution in [0.5, 0.6) is 0 Å². The molecule has 2 rings (SSSR count). The average molecular weight is 327 g/mol. The molecule has 0 atom stereocenters. The molecule has 0 fully saturated rings. The summed E-state index contributed by atoms with van der Waals surface area (Å²) in [7, 11) is 0. The zero-order valence-corrected chi connectivity index (χ0v) is 13.8. The highest BCUT2D eigenvalue weighted by atomic mass is 35.5. The van der Waals surface area contributed by atoms with Crippen molar-refractivity contribution in [3.05, 3.63) is 37.7 Å². The van der Waals surface area contributed by atoms with Crippen molar-refractivity contribution in [2.24, 2.45) is 0 Å². The molecule has 114 valence electrons. The summed E-state index contributed by atoms with van der Waals surface area (Å²) in [6, 6.07) is 0. The van der Waals surface area contributed by atoms with E-state index in [1.165, 1.54) is 9.56 Å². The number of aromatic nitrogens is 3. The fraction of sp³-hybridized carbons (Fsp3) is 0.500. The lowest BCUT2D eigenvalue weighted by Crippen LogP contribution is -2.24. The molecule has 2 heterocycles. The van der Waals surface area contributed by atoms with Crippen LogP contribution in [0.15, 0.2) is 17.2 Å². The standard InChI is InChI=1S/C14H19ClN4OS/c1-3-5-6-19-14(20)13(15)11(8-18-19)16-9-12-17-7-10(4-2)21-12/h7-8,16H,3-6,9H2,1-2H3.